The number of esters is 1. The first-order valence-corrected chi connectivity index (χ1v) is 5.83. The van der Waals surface area contributed by atoms with Gasteiger partial charge in [0.15, 0.2) is 0 Å². The monoisotopic (exact) mass is 270 g/mol. The Bertz CT molecular complexity index is 444. The molecule has 106 valence electrons. The van der Waals surface area contributed by atoms with Crippen molar-refractivity contribution in [1.29, 1.82) is 0 Å². The number of nitrogens with zero attached hydrogens (tertiary/aromatic N) is 3. The third-order valence-corrected chi connectivity index (χ3v) is 2.41. The van der Waals surface area contributed by atoms with E-state index in [9.17, 15) is 9.59 Å². The van der Waals surface area contributed by atoms with Crippen LogP contribution in [0.4, 0.5) is 6.01 Å². The summed E-state index contributed by atoms with van der Waals surface area (Å²) in [5.41, 5.74) is 0. The van der Waals surface area contributed by atoms with E-state index < -0.39 is 5.97 Å². The van der Waals surface area contributed by atoms with Crippen LogP contribution in [0.2, 0.25) is 0 Å². The minimum atomic E-state index is -0.393. The quantitative estimate of drug-likeness (QED) is 0.737. The van der Waals surface area contributed by atoms with Gasteiger partial charge in [0.2, 0.25) is 11.8 Å². The van der Waals surface area contributed by atoms with Gasteiger partial charge in [-0.2, -0.15) is 0 Å². The Labute approximate surface area is 111 Å². The lowest BCUT2D eigenvalue weighted by Gasteiger charge is -2.23. The number of carbonyl (C=O) groups excluding carboxylic acids is 2. The molecule has 1 rings (SSSR count). The van der Waals surface area contributed by atoms with E-state index in [4.69, 9.17) is 4.42 Å². The van der Waals surface area contributed by atoms with Gasteiger partial charge in [-0.05, 0) is 13.8 Å². The van der Waals surface area contributed by atoms with E-state index in [1.54, 1.807) is 11.8 Å². The number of aryl methyl sites for hydroxylation is 1. The second kappa shape index (κ2) is 6.83. The minimum Gasteiger partial charge on any atom is -0.468 e. The molecule has 0 fully saturated rings. The summed E-state index contributed by atoms with van der Waals surface area (Å²) >= 11 is 0. The third-order valence-electron chi connectivity index (χ3n) is 2.41. The van der Waals surface area contributed by atoms with Crippen molar-refractivity contribution < 1.29 is 18.7 Å². The average molecular weight is 270 g/mol. The van der Waals surface area contributed by atoms with E-state index in [1.807, 2.05) is 13.8 Å². The van der Waals surface area contributed by atoms with Crippen LogP contribution in [0.5, 0.6) is 0 Å². The third kappa shape index (κ3) is 5.04. The van der Waals surface area contributed by atoms with Gasteiger partial charge in [-0.15, -0.1) is 5.10 Å². The number of aromatic nitrogens is 2. The normalized spacial score (nSPS) is 10.8. The fourth-order valence-corrected chi connectivity index (χ4v) is 1.34. The number of amides is 1. The molecule has 1 N–H and O–H groups in total. The molecule has 0 spiro atoms. The van der Waals surface area contributed by atoms with Crippen LogP contribution in [0.15, 0.2) is 4.42 Å². The summed E-state index contributed by atoms with van der Waals surface area (Å²) < 4.78 is 9.62. The molecule has 0 aliphatic heterocycles. The number of rotatable bonds is 6. The lowest BCUT2D eigenvalue weighted by atomic mass is 10.3. The number of hydrogen-bond acceptors (Lipinski definition) is 7. The summed E-state index contributed by atoms with van der Waals surface area (Å²) in [6, 6.07) is 0.0681. The largest absolute Gasteiger partial charge is 0.468 e. The maximum atomic E-state index is 11.8. The van der Waals surface area contributed by atoms with Crippen LogP contribution in [-0.2, 0) is 14.3 Å². The standard InChI is InChI=1S/C11H18N4O4/c1-7(2)15(6-10(17)18-4)5-9(16)12-11-14-13-8(3)19-11/h7H,5-6H2,1-4H3,(H,12,14,16). The first-order chi connectivity index (χ1) is 8.92. The predicted octanol–water partition coefficient (Wildman–Crippen LogP) is 0.200. The molecular weight excluding hydrogens is 252 g/mol. The zero-order chi connectivity index (χ0) is 14.4. The topological polar surface area (TPSA) is 97.6 Å². The maximum Gasteiger partial charge on any atom is 0.322 e. The Hall–Kier alpha value is -1.96. The number of hydrogen-bond donors (Lipinski definition) is 1. The van der Waals surface area contributed by atoms with Crippen molar-refractivity contribution in [3.05, 3.63) is 5.89 Å². The number of methoxy groups -OCH3 is 1. The van der Waals surface area contributed by atoms with Crippen LogP contribution < -0.4 is 5.32 Å². The van der Waals surface area contributed by atoms with Gasteiger partial charge in [0.25, 0.3) is 0 Å². The number of nitrogens with one attached hydrogen (secondary N) is 1. The number of ether oxygens (including phenoxy) is 1. The first kappa shape index (κ1) is 15.1. The molecule has 1 amide bonds. The Kier molecular flexibility index (Phi) is 5.43. The van der Waals surface area contributed by atoms with Crippen molar-refractivity contribution >= 4 is 17.9 Å². The van der Waals surface area contributed by atoms with Crippen molar-refractivity contribution in [2.24, 2.45) is 0 Å². The molecule has 0 atom stereocenters. The molecule has 0 aliphatic rings. The summed E-state index contributed by atoms with van der Waals surface area (Å²) in [6.45, 7) is 5.47. The summed E-state index contributed by atoms with van der Waals surface area (Å²) in [5.74, 6) is -0.359. The molecule has 0 aliphatic carbocycles. The smallest absolute Gasteiger partial charge is 0.322 e. The van der Waals surface area contributed by atoms with Crippen molar-refractivity contribution in [3.8, 4) is 0 Å². The van der Waals surface area contributed by atoms with E-state index in [-0.39, 0.29) is 31.1 Å². The highest BCUT2D eigenvalue weighted by Gasteiger charge is 2.18. The van der Waals surface area contributed by atoms with Crippen molar-refractivity contribution in [1.82, 2.24) is 15.1 Å². The molecule has 1 aromatic rings. The Morgan fingerprint density at radius 3 is 2.53 bits per heavy atom. The highest BCUT2D eigenvalue weighted by atomic mass is 16.5. The van der Waals surface area contributed by atoms with E-state index >= 15 is 0 Å². The lowest BCUT2D eigenvalue weighted by Crippen LogP contribution is -2.41. The van der Waals surface area contributed by atoms with Gasteiger partial charge in [0, 0.05) is 13.0 Å². The van der Waals surface area contributed by atoms with Gasteiger partial charge in [-0.25, -0.2) is 0 Å². The molecule has 8 nitrogen and oxygen atoms in total. The van der Waals surface area contributed by atoms with Gasteiger partial charge in [-0.3, -0.25) is 19.8 Å². The lowest BCUT2D eigenvalue weighted by molar-refractivity contribution is -0.142. The molecule has 1 heterocycles. The predicted molar refractivity (Wildman–Crippen MR) is 66.4 cm³/mol. The van der Waals surface area contributed by atoms with Gasteiger partial charge in [-0.1, -0.05) is 5.10 Å². The van der Waals surface area contributed by atoms with E-state index in [0.717, 1.165) is 0 Å². The SMILES string of the molecule is COC(=O)CN(CC(=O)Nc1nnc(C)o1)C(C)C. The molecule has 19 heavy (non-hydrogen) atoms. The van der Waals surface area contributed by atoms with E-state index in [2.05, 4.69) is 20.3 Å². The van der Waals surface area contributed by atoms with Crippen LogP contribution in [0.1, 0.15) is 19.7 Å². The Balaban J connectivity index is 2.54. The van der Waals surface area contributed by atoms with Gasteiger partial charge in [0.1, 0.15) is 0 Å². The molecule has 0 saturated carbocycles. The minimum absolute atomic E-state index is 0.0225. The molecule has 0 bridgehead atoms. The summed E-state index contributed by atoms with van der Waals surface area (Å²) in [7, 11) is 1.31. The molecule has 0 aromatic carbocycles. The molecular formula is C11H18N4O4. The summed E-state index contributed by atoms with van der Waals surface area (Å²) in [5, 5.41) is 9.72. The first-order valence-electron chi connectivity index (χ1n) is 5.83. The van der Waals surface area contributed by atoms with Crippen molar-refractivity contribution in [2.45, 2.75) is 26.8 Å². The number of carbonyl (C=O) groups is 2. The van der Waals surface area contributed by atoms with Gasteiger partial charge in [0.05, 0.1) is 20.2 Å². The van der Waals surface area contributed by atoms with Gasteiger partial charge >= 0.3 is 12.0 Å². The fourth-order valence-electron chi connectivity index (χ4n) is 1.34. The fraction of sp³-hybridized carbons (Fsp3) is 0.636. The van der Waals surface area contributed by atoms with Gasteiger partial charge < -0.3 is 9.15 Å². The molecule has 0 unspecified atom stereocenters. The molecule has 8 heteroatoms. The van der Waals surface area contributed by atoms with Crippen molar-refractivity contribution in [3.63, 3.8) is 0 Å². The zero-order valence-corrected chi connectivity index (χ0v) is 11.5. The maximum absolute atomic E-state index is 11.8. The Morgan fingerprint density at radius 1 is 1.37 bits per heavy atom. The molecule has 0 saturated heterocycles. The van der Waals surface area contributed by atoms with Crippen LogP contribution in [0, 0.1) is 6.92 Å². The van der Waals surface area contributed by atoms with E-state index in [0.29, 0.717) is 5.89 Å². The van der Waals surface area contributed by atoms with Crippen LogP contribution in [0.3, 0.4) is 0 Å². The number of anilines is 1. The highest BCUT2D eigenvalue weighted by molar-refractivity contribution is 5.90. The highest BCUT2D eigenvalue weighted by Crippen LogP contribution is 2.05. The van der Waals surface area contributed by atoms with E-state index in [1.165, 1.54) is 7.11 Å². The molecule has 1 aromatic heterocycles. The average Bonchev–Trinajstić information content (AvgIpc) is 2.73. The Morgan fingerprint density at radius 2 is 2.05 bits per heavy atom. The van der Waals surface area contributed by atoms with Crippen LogP contribution in [-0.4, -0.2) is 53.2 Å². The second-order valence-corrected chi connectivity index (χ2v) is 4.25. The summed E-state index contributed by atoms with van der Waals surface area (Å²) in [6.07, 6.45) is 0. The second-order valence-electron chi connectivity index (χ2n) is 4.25. The summed E-state index contributed by atoms with van der Waals surface area (Å²) in [4.78, 5) is 24.7. The van der Waals surface area contributed by atoms with Crippen LogP contribution in [0.25, 0.3) is 0 Å². The zero-order valence-electron chi connectivity index (χ0n) is 11.5. The van der Waals surface area contributed by atoms with Crippen LogP contribution >= 0.6 is 0 Å². The molecule has 0 radical (unpaired) electrons. The van der Waals surface area contributed by atoms with Crippen molar-refractivity contribution in [2.75, 3.05) is 25.5 Å².